The number of nitro groups is 1. The molecule has 144 valence electrons. The highest BCUT2D eigenvalue weighted by atomic mass is 32.1. The zero-order valence-electron chi connectivity index (χ0n) is 15.6. The molecule has 3 rings (SSSR count). The largest absolute Gasteiger partial charge is 0.481 e. The lowest BCUT2D eigenvalue weighted by Gasteiger charge is -2.13. The molecule has 8 heteroatoms. The number of amides is 1. The minimum absolute atomic E-state index is 0.0382. The van der Waals surface area contributed by atoms with Gasteiger partial charge in [-0.3, -0.25) is 20.2 Å². The number of carbonyl (C=O) groups excluding carboxylic acids is 1. The molecule has 28 heavy (non-hydrogen) atoms. The summed E-state index contributed by atoms with van der Waals surface area (Å²) in [7, 11) is 0. The van der Waals surface area contributed by atoms with E-state index in [0.717, 1.165) is 5.56 Å². The van der Waals surface area contributed by atoms with Crippen LogP contribution >= 0.6 is 11.3 Å². The van der Waals surface area contributed by atoms with Crippen molar-refractivity contribution in [3.05, 3.63) is 69.1 Å². The monoisotopic (exact) mass is 397 g/mol. The van der Waals surface area contributed by atoms with Crippen molar-refractivity contribution in [1.29, 1.82) is 0 Å². The fourth-order valence-corrected chi connectivity index (χ4v) is 3.23. The molecule has 0 saturated carbocycles. The number of aryl methyl sites for hydroxylation is 2. The molecular weight excluding hydrogens is 378 g/mol. The van der Waals surface area contributed by atoms with Crippen LogP contribution in [0.4, 0.5) is 10.8 Å². The molecule has 1 heterocycles. The Morgan fingerprint density at radius 2 is 1.93 bits per heavy atom. The Morgan fingerprint density at radius 1 is 1.21 bits per heavy atom. The van der Waals surface area contributed by atoms with Gasteiger partial charge in [-0.1, -0.05) is 29.8 Å². The Kier molecular flexibility index (Phi) is 5.70. The lowest BCUT2D eigenvalue weighted by molar-refractivity contribution is -0.385. The molecule has 0 aliphatic rings. The third-order valence-corrected chi connectivity index (χ3v) is 4.90. The second kappa shape index (κ2) is 8.18. The zero-order valence-corrected chi connectivity index (χ0v) is 16.4. The van der Waals surface area contributed by atoms with Gasteiger partial charge in [0.1, 0.15) is 5.75 Å². The van der Waals surface area contributed by atoms with Crippen LogP contribution in [0.25, 0.3) is 11.3 Å². The van der Waals surface area contributed by atoms with Crippen molar-refractivity contribution in [2.45, 2.75) is 26.9 Å². The summed E-state index contributed by atoms with van der Waals surface area (Å²) in [5, 5.41) is 16.0. The van der Waals surface area contributed by atoms with E-state index in [2.05, 4.69) is 10.3 Å². The molecular formula is C20H19N3O4S. The lowest BCUT2D eigenvalue weighted by atomic mass is 10.1. The van der Waals surface area contributed by atoms with E-state index in [9.17, 15) is 14.9 Å². The van der Waals surface area contributed by atoms with Gasteiger partial charge in [-0.15, -0.1) is 11.3 Å². The number of carbonyl (C=O) groups is 1. The third-order valence-electron chi connectivity index (χ3n) is 4.14. The van der Waals surface area contributed by atoms with E-state index in [1.807, 2.05) is 31.2 Å². The molecule has 1 N–H and O–H groups in total. The predicted octanol–water partition coefficient (Wildman–Crippen LogP) is 4.74. The maximum absolute atomic E-state index is 12.4. The second-order valence-electron chi connectivity index (χ2n) is 6.36. The maximum Gasteiger partial charge on any atom is 0.272 e. The Bertz CT molecular complexity index is 1010. The average Bonchev–Trinajstić information content (AvgIpc) is 3.12. The Hall–Kier alpha value is -3.26. The van der Waals surface area contributed by atoms with Gasteiger partial charge in [0.05, 0.1) is 10.6 Å². The van der Waals surface area contributed by atoms with Gasteiger partial charge in [0, 0.05) is 22.6 Å². The van der Waals surface area contributed by atoms with Crippen molar-refractivity contribution < 1.29 is 14.5 Å². The summed E-state index contributed by atoms with van der Waals surface area (Å²) in [5.74, 6) is 0.288. The van der Waals surface area contributed by atoms with Gasteiger partial charge >= 0.3 is 0 Å². The molecule has 0 aliphatic carbocycles. The van der Waals surface area contributed by atoms with Crippen molar-refractivity contribution in [3.8, 4) is 17.0 Å². The standard InChI is InChI=1S/C20H19N3O4S/c1-12-4-8-16(9-5-12)27-14(3)19(24)22-20-21-17(11-28-20)15-7-6-13(2)18(10-15)23(25)26/h4-11,14H,1-3H3,(H,21,22,24). The first-order chi connectivity index (χ1) is 13.3. The van der Waals surface area contributed by atoms with Crippen molar-refractivity contribution in [2.75, 3.05) is 5.32 Å². The van der Waals surface area contributed by atoms with E-state index in [1.165, 1.54) is 17.4 Å². The van der Waals surface area contributed by atoms with Crippen LogP contribution in [0.1, 0.15) is 18.1 Å². The summed E-state index contributed by atoms with van der Waals surface area (Å²) in [5.41, 5.74) is 2.92. The first-order valence-corrected chi connectivity index (χ1v) is 9.46. The van der Waals surface area contributed by atoms with E-state index in [-0.39, 0.29) is 11.6 Å². The molecule has 2 aromatic carbocycles. The highest BCUT2D eigenvalue weighted by Gasteiger charge is 2.18. The molecule has 0 spiro atoms. The summed E-state index contributed by atoms with van der Waals surface area (Å²) in [4.78, 5) is 27.4. The summed E-state index contributed by atoms with van der Waals surface area (Å²) in [6.45, 7) is 5.32. The summed E-state index contributed by atoms with van der Waals surface area (Å²) >= 11 is 1.25. The number of anilines is 1. The Balaban J connectivity index is 1.68. The van der Waals surface area contributed by atoms with Crippen LogP contribution in [-0.4, -0.2) is 21.9 Å². The molecule has 0 fully saturated rings. The zero-order chi connectivity index (χ0) is 20.3. The number of ether oxygens (including phenoxy) is 1. The van der Waals surface area contributed by atoms with Crippen LogP contribution < -0.4 is 10.1 Å². The highest BCUT2D eigenvalue weighted by molar-refractivity contribution is 7.14. The molecule has 0 saturated heterocycles. The van der Waals surface area contributed by atoms with E-state index < -0.39 is 11.0 Å². The van der Waals surface area contributed by atoms with E-state index in [0.29, 0.717) is 27.7 Å². The smallest absolute Gasteiger partial charge is 0.272 e. The fraction of sp³-hybridized carbons (Fsp3) is 0.200. The molecule has 0 aliphatic heterocycles. The third kappa shape index (κ3) is 4.52. The van der Waals surface area contributed by atoms with Gasteiger partial charge < -0.3 is 4.74 Å². The highest BCUT2D eigenvalue weighted by Crippen LogP contribution is 2.29. The van der Waals surface area contributed by atoms with E-state index in [4.69, 9.17) is 4.74 Å². The van der Waals surface area contributed by atoms with Crippen LogP contribution in [0.5, 0.6) is 5.75 Å². The van der Waals surface area contributed by atoms with Gasteiger partial charge in [-0.2, -0.15) is 0 Å². The van der Waals surface area contributed by atoms with E-state index in [1.54, 1.807) is 31.4 Å². The number of nitrogens with one attached hydrogen (secondary N) is 1. The SMILES string of the molecule is Cc1ccc(OC(C)C(=O)Nc2nc(-c3ccc(C)c([N+](=O)[O-])c3)cs2)cc1. The van der Waals surface area contributed by atoms with Crippen LogP contribution in [-0.2, 0) is 4.79 Å². The van der Waals surface area contributed by atoms with Crippen molar-refractivity contribution in [1.82, 2.24) is 4.98 Å². The maximum atomic E-state index is 12.4. The molecule has 0 bridgehead atoms. The molecule has 1 aromatic heterocycles. The van der Waals surface area contributed by atoms with E-state index >= 15 is 0 Å². The van der Waals surface area contributed by atoms with Crippen molar-refractivity contribution in [3.63, 3.8) is 0 Å². The number of nitro benzene ring substituents is 1. The number of thiazole rings is 1. The first kappa shape index (κ1) is 19.5. The van der Waals surface area contributed by atoms with Gasteiger partial charge in [-0.25, -0.2) is 4.98 Å². The number of aromatic nitrogens is 1. The van der Waals surface area contributed by atoms with Crippen molar-refractivity contribution >= 4 is 28.1 Å². The Labute approximate surface area is 166 Å². The molecule has 0 radical (unpaired) electrons. The Morgan fingerprint density at radius 3 is 2.61 bits per heavy atom. The first-order valence-electron chi connectivity index (χ1n) is 8.58. The summed E-state index contributed by atoms with van der Waals surface area (Å²) in [6.07, 6.45) is -0.699. The minimum atomic E-state index is -0.699. The van der Waals surface area contributed by atoms with Crippen molar-refractivity contribution in [2.24, 2.45) is 0 Å². The van der Waals surface area contributed by atoms with Gasteiger partial charge in [-0.05, 0) is 32.9 Å². The van der Waals surface area contributed by atoms with Gasteiger partial charge in [0.15, 0.2) is 11.2 Å². The van der Waals surface area contributed by atoms with Gasteiger partial charge in [0.25, 0.3) is 11.6 Å². The van der Waals surface area contributed by atoms with Crippen LogP contribution in [0.15, 0.2) is 47.8 Å². The van der Waals surface area contributed by atoms with Gasteiger partial charge in [0.2, 0.25) is 0 Å². The number of benzene rings is 2. The van der Waals surface area contributed by atoms with Crippen LogP contribution in [0, 0.1) is 24.0 Å². The number of nitrogens with zero attached hydrogens (tertiary/aromatic N) is 2. The second-order valence-corrected chi connectivity index (χ2v) is 7.22. The minimum Gasteiger partial charge on any atom is -0.481 e. The topological polar surface area (TPSA) is 94.4 Å². The summed E-state index contributed by atoms with van der Waals surface area (Å²) in [6, 6.07) is 12.4. The molecule has 7 nitrogen and oxygen atoms in total. The average molecular weight is 397 g/mol. The fourth-order valence-electron chi connectivity index (χ4n) is 2.51. The predicted molar refractivity (Wildman–Crippen MR) is 109 cm³/mol. The molecule has 1 atom stereocenters. The molecule has 3 aromatic rings. The summed E-state index contributed by atoms with van der Waals surface area (Å²) < 4.78 is 5.64. The number of hydrogen-bond donors (Lipinski definition) is 1. The molecule has 1 unspecified atom stereocenters. The normalized spacial score (nSPS) is 11.7. The lowest BCUT2D eigenvalue weighted by Crippen LogP contribution is -2.30. The number of rotatable bonds is 6. The number of hydrogen-bond acceptors (Lipinski definition) is 6. The quantitative estimate of drug-likeness (QED) is 0.479. The molecule has 1 amide bonds. The van der Waals surface area contributed by atoms with Crippen LogP contribution in [0.3, 0.4) is 0 Å². The van der Waals surface area contributed by atoms with Crippen LogP contribution in [0.2, 0.25) is 0 Å².